The summed E-state index contributed by atoms with van der Waals surface area (Å²) in [6.45, 7) is 1.92. The van der Waals surface area contributed by atoms with Crippen LogP contribution in [0.2, 0.25) is 0 Å². The number of sulfonamides is 1. The highest BCUT2D eigenvalue weighted by Crippen LogP contribution is 2.25. The van der Waals surface area contributed by atoms with Crippen LogP contribution in [0.25, 0.3) is 0 Å². The zero-order valence-corrected chi connectivity index (χ0v) is 17.2. The Hall–Kier alpha value is -2.98. The molecule has 0 saturated heterocycles. The molecule has 3 aromatic rings. The number of benzene rings is 2. The number of methoxy groups -OCH3 is 1. The monoisotopic (exact) mass is 435 g/mol. The fourth-order valence-corrected chi connectivity index (χ4v) is 4.56. The summed E-state index contributed by atoms with van der Waals surface area (Å²) in [5.74, 6) is -0.177. The molecular weight excluding hydrogens is 417 g/mol. The number of ether oxygens (including phenoxy) is 1. The molecule has 1 aromatic heterocycles. The van der Waals surface area contributed by atoms with Crippen molar-refractivity contribution >= 4 is 32.4 Å². The molecule has 1 heterocycles. The summed E-state index contributed by atoms with van der Waals surface area (Å²) in [4.78, 5) is 16.8. The molecule has 0 radical (unpaired) electrons. The molecule has 0 saturated carbocycles. The summed E-state index contributed by atoms with van der Waals surface area (Å²) in [5.41, 5.74) is 1.29. The fourth-order valence-electron chi connectivity index (χ4n) is 2.44. The molecule has 10 heteroatoms. The first-order valence-electron chi connectivity index (χ1n) is 8.45. The molecule has 0 spiro atoms. The van der Waals surface area contributed by atoms with Gasteiger partial charge in [0.05, 0.1) is 17.7 Å². The van der Waals surface area contributed by atoms with Crippen molar-refractivity contribution in [1.82, 2.24) is 10.3 Å². The Morgan fingerprint density at radius 3 is 2.41 bits per heavy atom. The highest BCUT2D eigenvalue weighted by Gasteiger charge is 2.20. The van der Waals surface area contributed by atoms with Crippen LogP contribution in [0, 0.1) is 12.7 Å². The first-order valence-corrected chi connectivity index (χ1v) is 10.8. The molecule has 0 atom stereocenters. The lowest BCUT2D eigenvalue weighted by molar-refractivity contribution is 0.0954. The summed E-state index contributed by atoms with van der Waals surface area (Å²) in [6.07, 6.45) is 0. The summed E-state index contributed by atoms with van der Waals surface area (Å²) >= 11 is 0.926. The number of rotatable bonds is 7. The second-order valence-electron chi connectivity index (χ2n) is 6.02. The smallest absolute Gasteiger partial charge is 0.263 e. The maximum atomic E-state index is 13.0. The zero-order valence-electron chi connectivity index (χ0n) is 15.6. The lowest BCUT2D eigenvalue weighted by atomic mass is 10.2. The molecule has 7 nitrogen and oxygen atoms in total. The number of nitrogens with zero attached hydrogens (tertiary/aromatic N) is 1. The molecule has 0 unspecified atom stereocenters. The van der Waals surface area contributed by atoms with Gasteiger partial charge in [-0.05, 0) is 48.9 Å². The van der Waals surface area contributed by atoms with Crippen LogP contribution in [0.1, 0.15) is 20.9 Å². The Kier molecular flexibility index (Phi) is 6.14. The van der Waals surface area contributed by atoms with Gasteiger partial charge in [0.15, 0.2) is 5.13 Å². The van der Waals surface area contributed by atoms with Crippen molar-refractivity contribution in [3.63, 3.8) is 0 Å². The number of thiazole rings is 1. The van der Waals surface area contributed by atoms with Gasteiger partial charge in [0, 0.05) is 6.54 Å². The normalized spacial score (nSPS) is 11.1. The van der Waals surface area contributed by atoms with Gasteiger partial charge in [-0.1, -0.05) is 23.5 Å². The van der Waals surface area contributed by atoms with Crippen molar-refractivity contribution < 1.29 is 22.3 Å². The topological polar surface area (TPSA) is 97.4 Å². The molecule has 0 fully saturated rings. The lowest BCUT2D eigenvalue weighted by Crippen LogP contribution is -2.22. The van der Waals surface area contributed by atoms with Crippen molar-refractivity contribution in [2.75, 3.05) is 11.8 Å². The third-order valence-electron chi connectivity index (χ3n) is 3.96. The van der Waals surface area contributed by atoms with E-state index < -0.39 is 15.8 Å². The van der Waals surface area contributed by atoms with Gasteiger partial charge in [-0.2, -0.15) is 0 Å². The standard InChI is InChI=1S/C19H18FN3O4S2/c1-12-17(18(24)21-11-13-3-7-15(27-2)8-4-13)28-19(22-12)23-29(25,26)16-9-5-14(20)6-10-16/h3-10H,11H2,1-2H3,(H,21,24)(H,22,23). The average Bonchev–Trinajstić information content (AvgIpc) is 3.06. The number of hydrogen-bond donors (Lipinski definition) is 2. The van der Waals surface area contributed by atoms with Gasteiger partial charge in [0.25, 0.3) is 15.9 Å². The largest absolute Gasteiger partial charge is 0.497 e. The number of aromatic nitrogens is 1. The number of aryl methyl sites for hydroxylation is 1. The van der Waals surface area contributed by atoms with E-state index in [9.17, 15) is 17.6 Å². The predicted molar refractivity (Wildman–Crippen MR) is 108 cm³/mol. The third-order valence-corrected chi connectivity index (χ3v) is 6.52. The molecule has 2 N–H and O–H groups in total. The molecule has 29 heavy (non-hydrogen) atoms. The summed E-state index contributed by atoms with van der Waals surface area (Å²) in [6, 6.07) is 11.7. The van der Waals surface area contributed by atoms with E-state index in [2.05, 4.69) is 15.0 Å². The Morgan fingerprint density at radius 2 is 1.79 bits per heavy atom. The molecule has 3 rings (SSSR count). The summed E-state index contributed by atoms with van der Waals surface area (Å²) < 4.78 is 45.2. The van der Waals surface area contributed by atoms with Crippen LogP contribution < -0.4 is 14.8 Å². The maximum absolute atomic E-state index is 13.0. The van der Waals surface area contributed by atoms with Gasteiger partial charge < -0.3 is 10.1 Å². The molecule has 152 valence electrons. The van der Waals surface area contributed by atoms with Crippen LogP contribution in [0.4, 0.5) is 9.52 Å². The SMILES string of the molecule is COc1ccc(CNC(=O)c2sc(NS(=O)(=O)c3ccc(F)cc3)nc2C)cc1. The summed E-state index contributed by atoms with van der Waals surface area (Å²) in [7, 11) is -2.36. The van der Waals surface area contributed by atoms with Gasteiger partial charge in [-0.15, -0.1) is 0 Å². The van der Waals surface area contributed by atoms with Crippen LogP contribution in [0.5, 0.6) is 5.75 Å². The molecule has 0 bridgehead atoms. The molecule has 0 aliphatic rings. The molecule has 0 aliphatic carbocycles. The Morgan fingerprint density at radius 1 is 1.14 bits per heavy atom. The van der Waals surface area contributed by atoms with E-state index in [1.54, 1.807) is 26.2 Å². The number of hydrogen-bond acceptors (Lipinski definition) is 6. The minimum atomic E-state index is -3.93. The van der Waals surface area contributed by atoms with E-state index >= 15 is 0 Å². The van der Waals surface area contributed by atoms with E-state index in [0.29, 0.717) is 17.1 Å². The van der Waals surface area contributed by atoms with Crippen molar-refractivity contribution in [3.05, 3.63) is 70.5 Å². The van der Waals surface area contributed by atoms with Gasteiger partial charge in [-0.3, -0.25) is 9.52 Å². The fraction of sp³-hybridized carbons (Fsp3) is 0.158. The first-order chi connectivity index (χ1) is 13.8. The van der Waals surface area contributed by atoms with Crippen LogP contribution in [0.3, 0.4) is 0 Å². The first kappa shape index (κ1) is 20.7. The molecule has 2 aromatic carbocycles. The van der Waals surface area contributed by atoms with Gasteiger partial charge in [0.1, 0.15) is 16.4 Å². The zero-order chi connectivity index (χ0) is 21.0. The highest BCUT2D eigenvalue weighted by molar-refractivity contribution is 7.93. The van der Waals surface area contributed by atoms with Crippen LogP contribution >= 0.6 is 11.3 Å². The predicted octanol–water partition coefficient (Wildman–Crippen LogP) is 3.33. The van der Waals surface area contributed by atoms with Crippen molar-refractivity contribution in [2.45, 2.75) is 18.4 Å². The highest BCUT2D eigenvalue weighted by atomic mass is 32.2. The second-order valence-corrected chi connectivity index (χ2v) is 8.71. The second kappa shape index (κ2) is 8.58. The minimum absolute atomic E-state index is 0.0569. The average molecular weight is 436 g/mol. The van der Waals surface area contributed by atoms with E-state index in [1.807, 2.05) is 12.1 Å². The van der Waals surface area contributed by atoms with Gasteiger partial charge in [-0.25, -0.2) is 17.8 Å². The van der Waals surface area contributed by atoms with Crippen LogP contribution in [-0.2, 0) is 16.6 Å². The number of nitrogens with one attached hydrogen (secondary N) is 2. The number of carbonyl (C=O) groups excluding carboxylic acids is 1. The van der Waals surface area contributed by atoms with Crippen molar-refractivity contribution in [1.29, 1.82) is 0 Å². The van der Waals surface area contributed by atoms with E-state index in [-0.39, 0.29) is 15.9 Å². The molecule has 1 amide bonds. The summed E-state index contributed by atoms with van der Waals surface area (Å²) in [5, 5.41) is 2.84. The molecular formula is C19H18FN3O4S2. The van der Waals surface area contributed by atoms with E-state index in [1.165, 1.54) is 0 Å². The number of halogens is 1. The van der Waals surface area contributed by atoms with E-state index in [0.717, 1.165) is 46.9 Å². The van der Waals surface area contributed by atoms with E-state index in [4.69, 9.17) is 4.74 Å². The third kappa shape index (κ3) is 5.09. The Balaban J connectivity index is 1.68. The molecule has 0 aliphatic heterocycles. The number of amides is 1. The van der Waals surface area contributed by atoms with Gasteiger partial charge in [0.2, 0.25) is 0 Å². The van der Waals surface area contributed by atoms with Crippen molar-refractivity contribution in [3.8, 4) is 5.75 Å². The number of carbonyl (C=O) groups is 1. The lowest BCUT2D eigenvalue weighted by Gasteiger charge is -2.05. The Labute approximate surface area is 171 Å². The van der Waals surface area contributed by atoms with Crippen LogP contribution in [0.15, 0.2) is 53.4 Å². The maximum Gasteiger partial charge on any atom is 0.263 e. The van der Waals surface area contributed by atoms with Crippen LogP contribution in [-0.4, -0.2) is 26.4 Å². The minimum Gasteiger partial charge on any atom is -0.497 e. The van der Waals surface area contributed by atoms with Gasteiger partial charge >= 0.3 is 0 Å². The quantitative estimate of drug-likeness (QED) is 0.593. The number of anilines is 1. The van der Waals surface area contributed by atoms with Crippen molar-refractivity contribution in [2.24, 2.45) is 0 Å². The Bertz CT molecular complexity index is 1110.